The molecule has 0 spiro atoms. The highest BCUT2D eigenvalue weighted by Gasteiger charge is 2.22. The Hall–Kier alpha value is -3.56. The number of hydroxylamine groups is 1. The number of carbonyl (C=O) groups is 3. The van der Waals surface area contributed by atoms with E-state index in [0.717, 1.165) is 28.9 Å². The maximum absolute atomic E-state index is 12.8. The largest absolute Gasteiger partial charge is 0.369 e. The molecule has 9 heteroatoms. The van der Waals surface area contributed by atoms with Crippen LogP contribution in [0.3, 0.4) is 0 Å². The number of rotatable bonds is 7. The quantitative estimate of drug-likeness (QED) is 0.270. The van der Waals surface area contributed by atoms with Gasteiger partial charge < -0.3 is 14.6 Å². The van der Waals surface area contributed by atoms with Crippen LogP contribution >= 0.6 is 11.3 Å². The number of likely N-dealkylation sites (N-methyl/N-ethyl adjacent to an activating group) is 1. The summed E-state index contributed by atoms with van der Waals surface area (Å²) in [5.74, 6) is -0.246. The summed E-state index contributed by atoms with van der Waals surface area (Å²) in [5.41, 5.74) is 2.00. The molecule has 0 aliphatic carbocycles. The normalized spacial score (nSPS) is 14.5. The summed E-state index contributed by atoms with van der Waals surface area (Å²) < 4.78 is 0.949. The lowest BCUT2D eigenvalue weighted by atomic mass is 9.98. The van der Waals surface area contributed by atoms with Crippen LogP contribution in [0.15, 0.2) is 54.6 Å². The molecule has 188 valence electrons. The minimum Gasteiger partial charge on any atom is -0.369 e. The lowest BCUT2D eigenvalue weighted by Crippen LogP contribution is -2.46. The Morgan fingerprint density at radius 2 is 1.78 bits per heavy atom. The van der Waals surface area contributed by atoms with E-state index in [-0.39, 0.29) is 23.5 Å². The van der Waals surface area contributed by atoms with Crippen molar-refractivity contribution in [3.8, 4) is 5.75 Å². The van der Waals surface area contributed by atoms with E-state index >= 15 is 0 Å². The Balaban J connectivity index is 1.53. The zero-order valence-electron chi connectivity index (χ0n) is 20.9. The van der Waals surface area contributed by atoms with Crippen molar-refractivity contribution in [2.75, 3.05) is 38.3 Å². The number of benzene rings is 2. The molecule has 36 heavy (non-hydrogen) atoms. The molecule has 2 heterocycles. The number of hydrogen-bond acceptors (Lipinski definition) is 7. The second kappa shape index (κ2) is 11.0. The second-order valence-electron chi connectivity index (χ2n) is 9.10. The van der Waals surface area contributed by atoms with Gasteiger partial charge in [0.2, 0.25) is 11.0 Å². The number of fused-ring (bicyclic) bond motifs is 1. The zero-order chi connectivity index (χ0) is 25.8. The van der Waals surface area contributed by atoms with Crippen molar-refractivity contribution < 1.29 is 19.2 Å². The highest BCUT2D eigenvalue weighted by Crippen LogP contribution is 2.33. The van der Waals surface area contributed by atoms with E-state index in [9.17, 15) is 14.4 Å². The van der Waals surface area contributed by atoms with Crippen LogP contribution < -0.4 is 9.90 Å². The third-order valence-electron chi connectivity index (χ3n) is 6.04. The number of anilines is 1. The number of carbonyl (C=O) groups excluding carboxylic acids is 3. The predicted octanol–water partition coefficient (Wildman–Crippen LogP) is 4.28. The van der Waals surface area contributed by atoms with Gasteiger partial charge in [-0.1, -0.05) is 37.3 Å². The Bertz CT molecular complexity index is 1280. The molecule has 0 saturated carbocycles. The van der Waals surface area contributed by atoms with Crippen molar-refractivity contribution in [3.05, 3.63) is 65.7 Å². The lowest BCUT2D eigenvalue weighted by Gasteiger charge is -2.31. The molecule has 1 saturated heterocycles. The van der Waals surface area contributed by atoms with Crippen LogP contribution in [0.4, 0.5) is 5.13 Å². The number of piperazine rings is 1. The van der Waals surface area contributed by atoms with E-state index in [4.69, 9.17) is 4.84 Å². The van der Waals surface area contributed by atoms with Crippen LogP contribution in [0.1, 0.15) is 42.6 Å². The second-order valence-corrected chi connectivity index (χ2v) is 10.1. The molecule has 8 nitrogen and oxygen atoms in total. The topological polar surface area (TPSA) is 83.0 Å². The molecular formula is C27H30N4O4S. The third-order valence-corrected chi connectivity index (χ3v) is 7.05. The standard InChI is InChI=1S/C27H30N4O4S/c1-18(2)21-17-20(23(33)10-12-26(34)30-15-13-29(4)14-16-30)9-11-24(21)35-31(19(3)32)27-28-22-7-5-6-8-25(22)36-27/h5-12,17-18H,13-16H2,1-4H3/b12-10+. The number of hydrogen-bond donors (Lipinski definition) is 0. The molecule has 2 aromatic carbocycles. The van der Waals surface area contributed by atoms with Gasteiger partial charge in [-0.25, -0.2) is 4.98 Å². The van der Waals surface area contributed by atoms with Crippen molar-refractivity contribution in [1.29, 1.82) is 0 Å². The molecule has 1 aliphatic rings. The first-order chi connectivity index (χ1) is 17.2. The number of amides is 2. The number of para-hydroxylation sites is 1. The van der Waals surface area contributed by atoms with E-state index < -0.39 is 0 Å². The number of aromatic nitrogens is 1. The molecule has 0 bridgehead atoms. The molecule has 0 radical (unpaired) electrons. The van der Waals surface area contributed by atoms with Crippen molar-refractivity contribution in [3.63, 3.8) is 0 Å². The first-order valence-corrected chi connectivity index (χ1v) is 12.7. The molecule has 1 aliphatic heterocycles. The Morgan fingerprint density at radius 1 is 1.06 bits per heavy atom. The van der Waals surface area contributed by atoms with Crippen molar-refractivity contribution in [2.45, 2.75) is 26.7 Å². The average Bonchev–Trinajstić information content (AvgIpc) is 3.29. The highest BCUT2D eigenvalue weighted by atomic mass is 32.1. The molecule has 3 aromatic rings. The fourth-order valence-electron chi connectivity index (χ4n) is 3.89. The van der Waals surface area contributed by atoms with E-state index in [1.807, 2.05) is 45.2 Å². The van der Waals surface area contributed by atoms with E-state index in [1.54, 1.807) is 23.1 Å². The Kier molecular flexibility index (Phi) is 7.81. The van der Waals surface area contributed by atoms with Crippen molar-refractivity contribution >= 4 is 44.3 Å². The summed E-state index contributed by atoms with van der Waals surface area (Å²) in [6.07, 6.45) is 2.67. The van der Waals surface area contributed by atoms with Gasteiger partial charge in [-0.15, -0.1) is 5.06 Å². The molecule has 0 unspecified atom stereocenters. The predicted molar refractivity (Wildman–Crippen MR) is 141 cm³/mol. The highest BCUT2D eigenvalue weighted by molar-refractivity contribution is 7.22. The van der Waals surface area contributed by atoms with Crippen LogP contribution in [0.2, 0.25) is 0 Å². The number of thiazole rings is 1. The fourth-order valence-corrected chi connectivity index (χ4v) is 4.85. The van der Waals surface area contributed by atoms with Gasteiger partial charge in [-0.2, -0.15) is 0 Å². The summed E-state index contributed by atoms with van der Waals surface area (Å²) in [5, 5.41) is 1.62. The smallest absolute Gasteiger partial charge is 0.259 e. The van der Waals surface area contributed by atoms with Gasteiger partial charge in [0, 0.05) is 50.3 Å². The Morgan fingerprint density at radius 3 is 2.44 bits per heavy atom. The van der Waals surface area contributed by atoms with E-state index in [1.165, 1.54) is 35.5 Å². The van der Waals surface area contributed by atoms with Crippen LogP contribution in [0.25, 0.3) is 10.2 Å². The van der Waals surface area contributed by atoms with E-state index in [2.05, 4.69) is 9.88 Å². The summed E-state index contributed by atoms with van der Waals surface area (Å²) in [6.45, 7) is 8.33. The first kappa shape index (κ1) is 25.5. The maximum atomic E-state index is 12.8. The maximum Gasteiger partial charge on any atom is 0.259 e. The van der Waals surface area contributed by atoms with Gasteiger partial charge in [0.05, 0.1) is 10.2 Å². The molecular weight excluding hydrogens is 476 g/mol. The van der Waals surface area contributed by atoms with Gasteiger partial charge in [0.1, 0.15) is 0 Å². The van der Waals surface area contributed by atoms with Crippen LogP contribution in [0.5, 0.6) is 5.75 Å². The number of allylic oxidation sites excluding steroid dienone is 1. The molecule has 2 amide bonds. The third kappa shape index (κ3) is 5.80. The SMILES string of the molecule is CC(=O)N(Oc1ccc(C(=O)/C=C/C(=O)N2CCN(C)CC2)cc1C(C)C)c1nc2ccccc2s1. The van der Waals surface area contributed by atoms with Gasteiger partial charge in [0.25, 0.3) is 5.91 Å². The summed E-state index contributed by atoms with van der Waals surface area (Å²) in [4.78, 5) is 52.2. The molecule has 0 atom stereocenters. The van der Waals surface area contributed by atoms with Crippen LogP contribution in [-0.4, -0.2) is 65.6 Å². The zero-order valence-corrected chi connectivity index (χ0v) is 21.7. The van der Waals surface area contributed by atoms with Crippen LogP contribution in [-0.2, 0) is 9.59 Å². The van der Waals surface area contributed by atoms with Crippen molar-refractivity contribution in [2.24, 2.45) is 0 Å². The summed E-state index contributed by atoms with van der Waals surface area (Å²) in [6, 6.07) is 12.7. The Labute approximate surface area is 214 Å². The molecule has 0 N–H and O–H groups in total. The number of nitrogens with zero attached hydrogens (tertiary/aromatic N) is 4. The summed E-state index contributed by atoms with van der Waals surface area (Å²) >= 11 is 1.36. The molecule has 1 fully saturated rings. The van der Waals surface area contributed by atoms with Gasteiger partial charge in [-0.3, -0.25) is 14.4 Å². The monoisotopic (exact) mass is 506 g/mol. The molecule has 1 aromatic heterocycles. The number of ketones is 1. The minimum absolute atomic E-state index is 0.0212. The summed E-state index contributed by atoms with van der Waals surface area (Å²) in [7, 11) is 2.02. The lowest BCUT2D eigenvalue weighted by molar-refractivity contribution is -0.127. The van der Waals surface area contributed by atoms with Gasteiger partial charge in [-0.05, 0) is 49.4 Å². The fraction of sp³-hybridized carbons (Fsp3) is 0.333. The van der Waals surface area contributed by atoms with E-state index in [0.29, 0.717) is 29.5 Å². The van der Waals surface area contributed by atoms with Crippen molar-refractivity contribution in [1.82, 2.24) is 14.8 Å². The average molecular weight is 507 g/mol. The van der Waals surface area contributed by atoms with Gasteiger partial charge >= 0.3 is 0 Å². The van der Waals surface area contributed by atoms with Gasteiger partial charge in [0.15, 0.2) is 11.5 Å². The van der Waals surface area contributed by atoms with Crippen LogP contribution in [0, 0.1) is 0 Å². The minimum atomic E-state index is -0.311. The first-order valence-electron chi connectivity index (χ1n) is 11.9. The molecule has 4 rings (SSSR count).